The number of carbonyl (C=O) groups excluding carboxylic acids is 3. The Morgan fingerprint density at radius 3 is 2.27 bits per heavy atom. The van der Waals surface area contributed by atoms with Crippen LogP contribution in [0.5, 0.6) is 0 Å². The summed E-state index contributed by atoms with van der Waals surface area (Å²) in [5.74, 6) is -1.13. The van der Waals surface area contributed by atoms with E-state index in [-0.39, 0.29) is 12.3 Å². The van der Waals surface area contributed by atoms with Crippen LogP contribution in [0, 0.1) is 0 Å². The summed E-state index contributed by atoms with van der Waals surface area (Å²) in [4.78, 5) is 36.8. The Labute approximate surface area is 89.0 Å². The molecule has 0 N–H and O–H groups in total. The van der Waals surface area contributed by atoms with Crippen molar-refractivity contribution < 1.29 is 14.4 Å². The first kappa shape index (κ1) is 11.7. The lowest BCUT2D eigenvalue weighted by Crippen LogP contribution is -2.55. The lowest BCUT2D eigenvalue weighted by molar-refractivity contribution is -0.156. The van der Waals surface area contributed by atoms with E-state index in [1.807, 2.05) is 6.92 Å². The number of carbonyl (C=O) groups is 3. The van der Waals surface area contributed by atoms with Gasteiger partial charge in [-0.3, -0.25) is 14.4 Å². The average Bonchev–Trinajstić information content (AvgIpc) is 2.17. The quantitative estimate of drug-likeness (QED) is 0.599. The van der Waals surface area contributed by atoms with Crippen LogP contribution in [-0.2, 0) is 14.4 Å². The van der Waals surface area contributed by atoms with Crippen molar-refractivity contribution in [1.29, 1.82) is 0 Å². The molecule has 0 aromatic carbocycles. The molecule has 0 aromatic rings. The summed E-state index contributed by atoms with van der Waals surface area (Å²) in [6.45, 7) is 5.02. The maximum Gasteiger partial charge on any atom is 0.312 e. The molecular weight excluding hydrogens is 196 g/mol. The molecule has 15 heavy (non-hydrogen) atoms. The van der Waals surface area contributed by atoms with Gasteiger partial charge < -0.3 is 9.80 Å². The van der Waals surface area contributed by atoms with Crippen molar-refractivity contribution in [2.45, 2.75) is 20.3 Å². The molecule has 5 nitrogen and oxygen atoms in total. The van der Waals surface area contributed by atoms with E-state index in [1.54, 1.807) is 4.90 Å². The first-order valence-electron chi connectivity index (χ1n) is 5.14. The van der Waals surface area contributed by atoms with Gasteiger partial charge in [-0.15, -0.1) is 0 Å². The third-order valence-corrected chi connectivity index (χ3v) is 2.30. The largest absolute Gasteiger partial charge is 0.333 e. The van der Waals surface area contributed by atoms with Gasteiger partial charge in [0.15, 0.2) is 0 Å². The van der Waals surface area contributed by atoms with Crippen LogP contribution >= 0.6 is 0 Å². The van der Waals surface area contributed by atoms with Crippen LogP contribution in [0.15, 0.2) is 0 Å². The summed E-state index contributed by atoms with van der Waals surface area (Å²) in [5.41, 5.74) is 0. The molecule has 0 spiro atoms. The third-order valence-electron chi connectivity index (χ3n) is 2.30. The Morgan fingerprint density at radius 1 is 1.20 bits per heavy atom. The molecule has 0 atom stereocenters. The molecule has 0 aromatic heterocycles. The Hall–Kier alpha value is -1.39. The van der Waals surface area contributed by atoms with E-state index < -0.39 is 11.8 Å². The molecule has 84 valence electrons. The van der Waals surface area contributed by atoms with Crippen molar-refractivity contribution in [1.82, 2.24) is 9.80 Å². The van der Waals surface area contributed by atoms with Gasteiger partial charge in [-0.1, -0.05) is 6.92 Å². The molecule has 0 saturated carbocycles. The highest BCUT2D eigenvalue weighted by atomic mass is 16.2. The molecule has 0 unspecified atom stereocenters. The Balaban J connectivity index is 2.60. The Morgan fingerprint density at radius 2 is 1.73 bits per heavy atom. The summed E-state index contributed by atoms with van der Waals surface area (Å²) in [7, 11) is 0. The van der Waals surface area contributed by atoms with E-state index in [2.05, 4.69) is 0 Å². The molecule has 1 fully saturated rings. The second kappa shape index (κ2) is 4.91. The minimum atomic E-state index is -0.551. The number of hydrogen-bond donors (Lipinski definition) is 0. The normalized spacial score (nSPS) is 17.2. The van der Waals surface area contributed by atoms with Crippen molar-refractivity contribution in [2.24, 2.45) is 0 Å². The smallest absolute Gasteiger partial charge is 0.312 e. The van der Waals surface area contributed by atoms with Gasteiger partial charge in [0.1, 0.15) is 5.78 Å². The predicted octanol–water partition coefficient (Wildman–Crippen LogP) is -0.344. The number of rotatable bonds is 4. The monoisotopic (exact) mass is 212 g/mol. The van der Waals surface area contributed by atoms with E-state index in [0.717, 1.165) is 6.42 Å². The predicted molar refractivity (Wildman–Crippen MR) is 54.1 cm³/mol. The first-order chi connectivity index (χ1) is 7.06. The van der Waals surface area contributed by atoms with E-state index in [9.17, 15) is 14.4 Å². The second-order valence-electron chi connectivity index (χ2n) is 3.72. The standard InChI is InChI=1S/C10H16N2O3/c1-3-4-11-5-6-12(7-8(2)13)10(15)9(11)14/h3-7H2,1-2H3. The highest BCUT2D eigenvalue weighted by molar-refractivity contribution is 6.35. The molecule has 5 heteroatoms. The summed E-state index contributed by atoms with van der Waals surface area (Å²) in [6, 6.07) is 0. The summed E-state index contributed by atoms with van der Waals surface area (Å²) in [6.07, 6.45) is 0.839. The van der Waals surface area contributed by atoms with Crippen LogP contribution in [0.3, 0.4) is 0 Å². The maximum atomic E-state index is 11.5. The van der Waals surface area contributed by atoms with E-state index in [0.29, 0.717) is 19.6 Å². The van der Waals surface area contributed by atoms with Crippen molar-refractivity contribution in [3.8, 4) is 0 Å². The first-order valence-corrected chi connectivity index (χ1v) is 5.14. The molecule has 0 radical (unpaired) electrons. The van der Waals surface area contributed by atoms with Crippen molar-refractivity contribution in [2.75, 3.05) is 26.2 Å². The van der Waals surface area contributed by atoms with Crippen LogP contribution in [0.2, 0.25) is 0 Å². The fraction of sp³-hybridized carbons (Fsp3) is 0.700. The van der Waals surface area contributed by atoms with Crippen LogP contribution in [-0.4, -0.2) is 53.6 Å². The molecular formula is C10H16N2O3. The summed E-state index contributed by atoms with van der Waals surface area (Å²) < 4.78 is 0. The van der Waals surface area contributed by atoms with Crippen LogP contribution < -0.4 is 0 Å². The van der Waals surface area contributed by atoms with Gasteiger partial charge in [-0.25, -0.2) is 0 Å². The number of nitrogens with zero attached hydrogens (tertiary/aromatic N) is 2. The van der Waals surface area contributed by atoms with Gasteiger partial charge in [0.05, 0.1) is 6.54 Å². The zero-order valence-electron chi connectivity index (χ0n) is 9.15. The van der Waals surface area contributed by atoms with Crippen molar-refractivity contribution in [3.05, 3.63) is 0 Å². The lowest BCUT2D eigenvalue weighted by Gasteiger charge is -2.32. The number of ketones is 1. The second-order valence-corrected chi connectivity index (χ2v) is 3.72. The molecule has 0 aliphatic carbocycles. The molecule has 1 saturated heterocycles. The minimum Gasteiger partial charge on any atom is -0.333 e. The maximum absolute atomic E-state index is 11.5. The topological polar surface area (TPSA) is 57.7 Å². The Kier molecular flexibility index (Phi) is 3.82. The fourth-order valence-corrected chi connectivity index (χ4v) is 1.62. The third kappa shape index (κ3) is 2.78. The van der Waals surface area contributed by atoms with Crippen molar-refractivity contribution >= 4 is 17.6 Å². The SMILES string of the molecule is CCCN1CCN(CC(C)=O)C(=O)C1=O. The van der Waals surface area contributed by atoms with Gasteiger partial charge >= 0.3 is 11.8 Å². The molecule has 1 rings (SSSR count). The lowest BCUT2D eigenvalue weighted by atomic mass is 10.2. The van der Waals surface area contributed by atoms with Gasteiger partial charge in [0, 0.05) is 19.6 Å². The van der Waals surface area contributed by atoms with E-state index in [1.165, 1.54) is 11.8 Å². The van der Waals surface area contributed by atoms with Gasteiger partial charge in [-0.05, 0) is 13.3 Å². The fourth-order valence-electron chi connectivity index (χ4n) is 1.62. The number of amides is 2. The number of hydrogen-bond acceptors (Lipinski definition) is 3. The van der Waals surface area contributed by atoms with Gasteiger partial charge in [0.25, 0.3) is 0 Å². The summed E-state index contributed by atoms with van der Waals surface area (Å²) in [5, 5.41) is 0. The molecule has 1 aliphatic rings. The summed E-state index contributed by atoms with van der Waals surface area (Å²) >= 11 is 0. The van der Waals surface area contributed by atoms with E-state index in [4.69, 9.17) is 0 Å². The zero-order valence-corrected chi connectivity index (χ0v) is 9.15. The highest BCUT2D eigenvalue weighted by Crippen LogP contribution is 2.05. The van der Waals surface area contributed by atoms with Gasteiger partial charge in [-0.2, -0.15) is 0 Å². The number of piperazine rings is 1. The van der Waals surface area contributed by atoms with E-state index >= 15 is 0 Å². The average molecular weight is 212 g/mol. The number of Topliss-reactive ketones (excluding diaryl/α,β-unsaturated/α-hetero) is 1. The zero-order chi connectivity index (χ0) is 11.4. The highest BCUT2D eigenvalue weighted by Gasteiger charge is 2.32. The molecule has 2 amide bonds. The minimum absolute atomic E-state index is 0.0462. The van der Waals surface area contributed by atoms with Crippen LogP contribution in [0.1, 0.15) is 20.3 Å². The van der Waals surface area contributed by atoms with Crippen LogP contribution in [0.25, 0.3) is 0 Å². The van der Waals surface area contributed by atoms with Gasteiger partial charge in [0.2, 0.25) is 0 Å². The molecule has 1 heterocycles. The Bertz CT molecular complexity index is 288. The molecule has 1 aliphatic heterocycles. The van der Waals surface area contributed by atoms with Crippen LogP contribution in [0.4, 0.5) is 0 Å². The van der Waals surface area contributed by atoms with Crippen molar-refractivity contribution in [3.63, 3.8) is 0 Å². The molecule has 0 bridgehead atoms.